The lowest BCUT2D eigenvalue weighted by Gasteiger charge is -1.96. The van der Waals surface area contributed by atoms with Crippen LogP contribution in [0, 0.1) is 0 Å². The zero-order valence-corrected chi connectivity index (χ0v) is 5.38. The fourth-order valence-electron chi connectivity index (χ4n) is 0.709. The van der Waals surface area contributed by atoms with Gasteiger partial charge in [-0.1, -0.05) is 0 Å². The van der Waals surface area contributed by atoms with Crippen molar-refractivity contribution in [3.05, 3.63) is 11.8 Å². The van der Waals surface area contributed by atoms with E-state index in [9.17, 15) is 8.78 Å². The number of hydrogen-bond donors (Lipinski definition) is 1. The fraction of sp³-hybridized carbons (Fsp3) is 0.400. The van der Waals surface area contributed by atoms with E-state index in [0.29, 0.717) is 0 Å². The van der Waals surface area contributed by atoms with E-state index < -0.39 is 6.43 Å². The van der Waals surface area contributed by atoms with Crippen LogP contribution in [-0.4, -0.2) is 9.78 Å². The van der Waals surface area contributed by atoms with E-state index >= 15 is 0 Å². The molecular formula is C5H7F2N3. The van der Waals surface area contributed by atoms with Gasteiger partial charge in [-0.2, -0.15) is 5.10 Å². The van der Waals surface area contributed by atoms with Crippen LogP contribution in [0.2, 0.25) is 0 Å². The molecule has 0 fully saturated rings. The normalized spacial score (nSPS) is 10.8. The summed E-state index contributed by atoms with van der Waals surface area (Å²) in [6, 6.07) is 1.16. The standard InChI is InChI=1S/C5H7F2N3/c1-10-3(5(6)7)2-4(8)9-10/h2,5H,1H3,(H2,8,9). The molecular weight excluding hydrogens is 140 g/mol. The largest absolute Gasteiger partial charge is 0.382 e. The molecule has 1 rings (SSSR count). The molecule has 1 aromatic rings. The van der Waals surface area contributed by atoms with Gasteiger partial charge in [0.15, 0.2) is 0 Å². The number of aromatic nitrogens is 2. The van der Waals surface area contributed by atoms with E-state index in [2.05, 4.69) is 5.10 Å². The summed E-state index contributed by atoms with van der Waals surface area (Å²) >= 11 is 0. The summed E-state index contributed by atoms with van der Waals surface area (Å²) in [6.07, 6.45) is -2.50. The minimum absolute atomic E-state index is 0.123. The number of anilines is 1. The summed E-state index contributed by atoms with van der Waals surface area (Å²) in [4.78, 5) is 0. The molecule has 1 heterocycles. The number of aryl methyl sites for hydroxylation is 1. The van der Waals surface area contributed by atoms with Crippen molar-refractivity contribution in [1.29, 1.82) is 0 Å². The average Bonchev–Trinajstić information content (AvgIpc) is 2.10. The van der Waals surface area contributed by atoms with Crippen molar-refractivity contribution in [2.75, 3.05) is 5.73 Å². The number of nitrogens with zero attached hydrogens (tertiary/aromatic N) is 2. The molecule has 0 aliphatic carbocycles. The molecule has 0 saturated carbocycles. The Balaban J connectivity index is 3.03. The summed E-state index contributed by atoms with van der Waals surface area (Å²) in [5.41, 5.74) is 5.00. The molecule has 0 aromatic carbocycles. The Morgan fingerprint density at radius 1 is 1.70 bits per heavy atom. The van der Waals surface area contributed by atoms with Crippen molar-refractivity contribution in [2.24, 2.45) is 7.05 Å². The molecule has 0 bridgehead atoms. The first-order valence-electron chi connectivity index (χ1n) is 2.69. The van der Waals surface area contributed by atoms with Crippen LogP contribution < -0.4 is 5.73 Å². The molecule has 0 saturated heterocycles. The van der Waals surface area contributed by atoms with Crippen LogP contribution >= 0.6 is 0 Å². The lowest BCUT2D eigenvalue weighted by atomic mass is 10.4. The highest BCUT2D eigenvalue weighted by molar-refractivity contribution is 5.29. The van der Waals surface area contributed by atoms with E-state index in [1.54, 1.807) is 0 Å². The van der Waals surface area contributed by atoms with Crippen molar-refractivity contribution in [3.8, 4) is 0 Å². The second kappa shape index (κ2) is 2.24. The van der Waals surface area contributed by atoms with Crippen molar-refractivity contribution in [3.63, 3.8) is 0 Å². The third-order valence-electron chi connectivity index (χ3n) is 1.16. The molecule has 0 radical (unpaired) electrons. The number of nitrogen functional groups attached to an aromatic ring is 1. The fourth-order valence-corrected chi connectivity index (χ4v) is 0.709. The topological polar surface area (TPSA) is 43.8 Å². The highest BCUT2D eigenvalue weighted by Crippen LogP contribution is 2.18. The molecule has 56 valence electrons. The molecule has 2 N–H and O–H groups in total. The lowest BCUT2D eigenvalue weighted by molar-refractivity contribution is 0.141. The van der Waals surface area contributed by atoms with Crippen LogP contribution in [0.5, 0.6) is 0 Å². The second-order valence-electron chi connectivity index (χ2n) is 1.92. The predicted octanol–water partition coefficient (Wildman–Crippen LogP) is 0.940. The predicted molar refractivity (Wildman–Crippen MR) is 32.6 cm³/mol. The molecule has 1 aromatic heterocycles. The van der Waals surface area contributed by atoms with E-state index in [4.69, 9.17) is 5.73 Å². The van der Waals surface area contributed by atoms with Crippen molar-refractivity contribution in [1.82, 2.24) is 9.78 Å². The van der Waals surface area contributed by atoms with Gasteiger partial charge in [0, 0.05) is 13.1 Å². The first-order valence-corrected chi connectivity index (χ1v) is 2.69. The summed E-state index contributed by atoms with van der Waals surface area (Å²) in [6.45, 7) is 0. The number of alkyl halides is 2. The van der Waals surface area contributed by atoms with Crippen molar-refractivity contribution < 1.29 is 8.78 Å². The van der Waals surface area contributed by atoms with E-state index in [-0.39, 0.29) is 11.5 Å². The van der Waals surface area contributed by atoms with Crippen molar-refractivity contribution in [2.45, 2.75) is 6.43 Å². The molecule has 10 heavy (non-hydrogen) atoms. The molecule has 0 aliphatic rings. The second-order valence-corrected chi connectivity index (χ2v) is 1.92. The van der Waals surface area contributed by atoms with Gasteiger partial charge in [-0.25, -0.2) is 8.78 Å². The zero-order valence-electron chi connectivity index (χ0n) is 5.38. The van der Waals surface area contributed by atoms with Crippen LogP contribution in [0.4, 0.5) is 14.6 Å². The number of rotatable bonds is 1. The van der Waals surface area contributed by atoms with Gasteiger partial charge in [0.2, 0.25) is 0 Å². The van der Waals surface area contributed by atoms with Gasteiger partial charge in [0.1, 0.15) is 11.5 Å². The SMILES string of the molecule is Cn1nc(N)cc1C(F)F. The average molecular weight is 147 g/mol. The van der Waals surface area contributed by atoms with Gasteiger partial charge in [0.05, 0.1) is 0 Å². The first-order chi connectivity index (χ1) is 4.61. The third-order valence-corrected chi connectivity index (χ3v) is 1.16. The number of nitrogens with two attached hydrogens (primary N) is 1. The summed E-state index contributed by atoms with van der Waals surface area (Å²) in [7, 11) is 1.43. The van der Waals surface area contributed by atoms with Crippen LogP contribution in [0.1, 0.15) is 12.1 Å². The Labute approximate surface area is 56.4 Å². The highest BCUT2D eigenvalue weighted by Gasteiger charge is 2.12. The van der Waals surface area contributed by atoms with Gasteiger partial charge >= 0.3 is 0 Å². The molecule has 0 atom stereocenters. The van der Waals surface area contributed by atoms with E-state index in [1.165, 1.54) is 7.05 Å². The minimum atomic E-state index is -2.50. The Morgan fingerprint density at radius 3 is 2.50 bits per heavy atom. The molecule has 0 unspecified atom stereocenters. The molecule has 0 amide bonds. The Kier molecular flexibility index (Phi) is 1.57. The summed E-state index contributed by atoms with van der Waals surface area (Å²) in [5.74, 6) is 0.123. The molecule has 0 spiro atoms. The highest BCUT2D eigenvalue weighted by atomic mass is 19.3. The minimum Gasteiger partial charge on any atom is -0.382 e. The molecule has 5 heteroatoms. The van der Waals surface area contributed by atoms with Crippen molar-refractivity contribution >= 4 is 5.82 Å². The molecule has 0 aliphatic heterocycles. The first kappa shape index (κ1) is 6.98. The van der Waals surface area contributed by atoms with Gasteiger partial charge in [0.25, 0.3) is 6.43 Å². The Hall–Kier alpha value is -1.13. The Morgan fingerprint density at radius 2 is 2.30 bits per heavy atom. The van der Waals surface area contributed by atoms with Crippen LogP contribution in [0.3, 0.4) is 0 Å². The van der Waals surface area contributed by atoms with E-state index in [1.807, 2.05) is 0 Å². The summed E-state index contributed by atoms with van der Waals surface area (Å²) in [5, 5.41) is 3.55. The van der Waals surface area contributed by atoms with Gasteiger partial charge in [-0.15, -0.1) is 0 Å². The van der Waals surface area contributed by atoms with Crippen LogP contribution in [0.15, 0.2) is 6.07 Å². The number of hydrogen-bond acceptors (Lipinski definition) is 2. The van der Waals surface area contributed by atoms with Gasteiger partial charge in [-0.05, 0) is 0 Å². The monoisotopic (exact) mass is 147 g/mol. The maximum absolute atomic E-state index is 11.9. The third kappa shape index (κ3) is 1.07. The maximum Gasteiger partial charge on any atom is 0.280 e. The van der Waals surface area contributed by atoms with Gasteiger partial charge in [-0.3, -0.25) is 4.68 Å². The van der Waals surface area contributed by atoms with Crippen LogP contribution in [-0.2, 0) is 7.05 Å². The zero-order chi connectivity index (χ0) is 7.72. The maximum atomic E-state index is 11.9. The smallest absolute Gasteiger partial charge is 0.280 e. The number of halogens is 2. The lowest BCUT2D eigenvalue weighted by Crippen LogP contribution is -1.97. The van der Waals surface area contributed by atoms with Gasteiger partial charge < -0.3 is 5.73 Å². The van der Waals surface area contributed by atoms with Crippen LogP contribution in [0.25, 0.3) is 0 Å². The Bertz CT molecular complexity index is 231. The summed E-state index contributed by atoms with van der Waals surface area (Å²) < 4.78 is 24.9. The molecule has 3 nitrogen and oxygen atoms in total. The quantitative estimate of drug-likeness (QED) is 0.642. The van der Waals surface area contributed by atoms with E-state index in [0.717, 1.165) is 10.7 Å².